The van der Waals surface area contributed by atoms with Gasteiger partial charge < -0.3 is 4.74 Å². The van der Waals surface area contributed by atoms with Gasteiger partial charge >= 0.3 is 5.97 Å². The Bertz CT molecular complexity index is 309. The molecule has 0 radical (unpaired) electrons. The predicted octanol–water partition coefficient (Wildman–Crippen LogP) is 2.06. The van der Waals surface area contributed by atoms with Gasteiger partial charge in [-0.25, -0.2) is 9.78 Å². The molecule has 0 saturated heterocycles. The van der Waals surface area contributed by atoms with Crippen molar-refractivity contribution in [1.29, 1.82) is 0 Å². The number of aromatic nitrogens is 1. The van der Waals surface area contributed by atoms with E-state index in [1.54, 1.807) is 6.92 Å². The Labute approximate surface area is 86.5 Å². The Morgan fingerprint density at radius 3 is 2.92 bits per heavy atom. The second-order valence-electron chi connectivity index (χ2n) is 2.39. The van der Waals surface area contributed by atoms with E-state index in [1.807, 2.05) is 6.92 Å². The molecule has 1 heterocycles. The maximum Gasteiger partial charge on any atom is 0.350 e. The first-order chi connectivity index (χ1) is 6.19. The van der Waals surface area contributed by atoms with Gasteiger partial charge in [0.1, 0.15) is 4.88 Å². The minimum Gasteiger partial charge on any atom is -0.462 e. The summed E-state index contributed by atoms with van der Waals surface area (Å²) >= 11 is 5.44. The normalized spacial score (nSPS) is 10.1. The molecule has 0 bridgehead atoms. The molecular weight excluding hydrogens is 206 g/mol. The second kappa shape index (κ2) is 4.62. The van der Waals surface area contributed by atoms with Crippen molar-refractivity contribution in [3.05, 3.63) is 15.6 Å². The van der Waals surface area contributed by atoms with Gasteiger partial charge in [0.05, 0.1) is 17.3 Å². The first-order valence-electron chi connectivity index (χ1n) is 3.93. The van der Waals surface area contributed by atoms with E-state index in [2.05, 4.69) is 17.6 Å². The number of hydrogen-bond donors (Lipinski definition) is 1. The van der Waals surface area contributed by atoms with E-state index >= 15 is 0 Å². The molecule has 3 nitrogen and oxygen atoms in total. The number of rotatable bonds is 3. The number of carbonyl (C=O) groups is 1. The van der Waals surface area contributed by atoms with Gasteiger partial charge in [-0.3, -0.25) is 0 Å². The van der Waals surface area contributed by atoms with E-state index in [0.717, 1.165) is 5.01 Å². The van der Waals surface area contributed by atoms with Gasteiger partial charge in [-0.1, -0.05) is 0 Å². The number of nitrogens with zero attached hydrogens (tertiary/aromatic N) is 1. The smallest absolute Gasteiger partial charge is 0.350 e. The Balaban J connectivity index is 2.91. The summed E-state index contributed by atoms with van der Waals surface area (Å²) in [5.74, 6) is 0.176. The predicted molar refractivity (Wildman–Crippen MR) is 55.5 cm³/mol. The molecule has 5 heteroatoms. The highest BCUT2D eigenvalue weighted by atomic mass is 32.1. The molecule has 0 N–H and O–H groups in total. The lowest BCUT2D eigenvalue weighted by Gasteiger charge is -1.98. The van der Waals surface area contributed by atoms with Gasteiger partial charge in [0, 0.05) is 5.75 Å². The fraction of sp³-hybridized carbons (Fsp3) is 0.500. The molecule has 0 fully saturated rings. The third-order valence-electron chi connectivity index (χ3n) is 1.41. The monoisotopic (exact) mass is 217 g/mol. The van der Waals surface area contributed by atoms with Crippen molar-refractivity contribution in [2.24, 2.45) is 0 Å². The van der Waals surface area contributed by atoms with E-state index in [4.69, 9.17) is 4.74 Å². The first-order valence-corrected chi connectivity index (χ1v) is 5.38. The van der Waals surface area contributed by atoms with Crippen LogP contribution in [0.1, 0.15) is 27.3 Å². The van der Waals surface area contributed by atoms with Crippen molar-refractivity contribution in [3.8, 4) is 0 Å². The highest BCUT2D eigenvalue weighted by molar-refractivity contribution is 7.79. The quantitative estimate of drug-likeness (QED) is 0.622. The average molecular weight is 217 g/mol. The zero-order valence-electron chi connectivity index (χ0n) is 7.53. The summed E-state index contributed by atoms with van der Waals surface area (Å²) in [5, 5.41) is 0.868. The maximum atomic E-state index is 11.4. The minimum atomic E-state index is -0.294. The number of hydrogen-bond acceptors (Lipinski definition) is 5. The van der Waals surface area contributed by atoms with Gasteiger partial charge in [-0.15, -0.1) is 11.3 Å². The summed E-state index contributed by atoms with van der Waals surface area (Å²) in [6.07, 6.45) is 0. The van der Waals surface area contributed by atoms with E-state index in [1.165, 1.54) is 11.3 Å². The molecule has 1 aromatic rings. The van der Waals surface area contributed by atoms with Crippen molar-refractivity contribution in [3.63, 3.8) is 0 Å². The van der Waals surface area contributed by atoms with Crippen LogP contribution in [0.2, 0.25) is 0 Å². The molecule has 0 aliphatic rings. The molecule has 0 spiro atoms. The molecule has 0 aromatic carbocycles. The Hall–Kier alpha value is -0.550. The third kappa shape index (κ3) is 2.45. The molecule has 0 unspecified atom stereocenters. The number of thiol groups is 1. The molecule has 13 heavy (non-hydrogen) atoms. The summed E-state index contributed by atoms with van der Waals surface area (Å²) in [6, 6.07) is 0. The zero-order chi connectivity index (χ0) is 9.84. The standard InChI is InChI=1S/C8H11NO2S2/c1-3-11-8(10)7-6(4-12)9-5(2)13-7/h12H,3-4H2,1-2H3. The van der Waals surface area contributed by atoms with Gasteiger partial charge in [-0.05, 0) is 13.8 Å². The van der Waals surface area contributed by atoms with Crippen LogP contribution in [0.15, 0.2) is 0 Å². The lowest BCUT2D eigenvalue weighted by atomic mass is 10.4. The molecule has 0 aliphatic carbocycles. The largest absolute Gasteiger partial charge is 0.462 e. The number of thiazole rings is 1. The summed E-state index contributed by atoms with van der Waals surface area (Å²) < 4.78 is 4.88. The van der Waals surface area contributed by atoms with Crippen LogP contribution in [0, 0.1) is 6.92 Å². The average Bonchev–Trinajstić information content (AvgIpc) is 2.47. The van der Waals surface area contributed by atoms with Crippen LogP contribution < -0.4 is 0 Å². The van der Waals surface area contributed by atoms with Crippen LogP contribution in [0.25, 0.3) is 0 Å². The summed E-state index contributed by atoms with van der Waals surface area (Å²) in [5.41, 5.74) is 0.712. The fourth-order valence-electron chi connectivity index (χ4n) is 0.934. The number of carbonyl (C=O) groups excluding carboxylic acids is 1. The fourth-order valence-corrected chi connectivity index (χ4v) is 2.10. The van der Waals surface area contributed by atoms with Crippen LogP contribution in [0.4, 0.5) is 0 Å². The number of esters is 1. The van der Waals surface area contributed by atoms with Crippen molar-refractivity contribution in [1.82, 2.24) is 4.98 Å². The Morgan fingerprint density at radius 2 is 2.38 bits per heavy atom. The van der Waals surface area contributed by atoms with Gasteiger partial charge in [-0.2, -0.15) is 12.6 Å². The van der Waals surface area contributed by atoms with Gasteiger partial charge in [0.2, 0.25) is 0 Å². The van der Waals surface area contributed by atoms with Crippen LogP contribution >= 0.6 is 24.0 Å². The summed E-state index contributed by atoms with van der Waals surface area (Å²) in [4.78, 5) is 16.1. The molecule has 0 atom stereocenters. The van der Waals surface area contributed by atoms with Crippen LogP contribution in [-0.4, -0.2) is 17.6 Å². The molecule has 1 aromatic heterocycles. The molecular formula is C8H11NO2S2. The highest BCUT2D eigenvalue weighted by Gasteiger charge is 2.16. The maximum absolute atomic E-state index is 11.4. The molecule has 0 saturated carbocycles. The van der Waals surface area contributed by atoms with Crippen molar-refractivity contribution >= 4 is 29.9 Å². The second-order valence-corrected chi connectivity index (χ2v) is 3.91. The summed E-state index contributed by atoms with van der Waals surface area (Å²) in [6.45, 7) is 4.04. The molecule has 0 amide bonds. The van der Waals surface area contributed by atoms with E-state index in [-0.39, 0.29) is 5.97 Å². The van der Waals surface area contributed by atoms with Crippen LogP contribution in [0.3, 0.4) is 0 Å². The number of ether oxygens (including phenoxy) is 1. The molecule has 1 rings (SSSR count). The SMILES string of the molecule is CCOC(=O)c1sc(C)nc1CS. The first kappa shape index (κ1) is 10.5. The molecule has 72 valence electrons. The Morgan fingerprint density at radius 1 is 1.69 bits per heavy atom. The zero-order valence-corrected chi connectivity index (χ0v) is 9.24. The topological polar surface area (TPSA) is 39.2 Å². The molecule has 0 aliphatic heterocycles. The highest BCUT2D eigenvalue weighted by Crippen LogP contribution is 2.20. The van der Waals surface area contributed by atoms with E-state index < -0.39 is 0 Å². The lowest BCUT2D eigenvalue weighted by Crippen LogP contribution is -2.04. The lowest BCUT2D eigenvalue weighted by molar-refractivity contribution is 0.0531. The van der Waals surface area contributed by atoms with E-state index in [9.17, 15) is 4.79 Å². The van der Waals surface area contributed by atoms with Gasteiger partial charge in [0.15, 0.2) is 0 Å². The third-order valence-corrected chi connectivity index (χ3v) is 2.71. The Kier molecular flexibility index (Phi) is 3.74. The van der Waals surface area contributed by atoms with E-state index in [0.29, 0.717) is 22.9 Å². The van der Waals surface area contributed by atoms with Crippen molar-refractivity contribution in [2.45, 2.75) is 19.6 Å². The van der Waals surface area contributed by atoms with Crippen molar-refractivity contribution in [2.75, 3.05) is 6.61 Å². The van der Waals surface area contributed by atoms with Crippen molar-refractivity contribution < 1.29 is 9.53 Å². The number of aryl methyl sites for hydroxylation is 1. The van der Waals surface area contributed by atoms with Gasteiger partial charge in [0.25, 0.3) is 0 Å². The minimum absolute atomic E-state index is 0.294. The summed E-state index contributed by atoms with van der Waals surface area (Å²) in [7, 11) is 0. The van der Waals surface area contributed by atoms with Crippen LogP contribution in [0.5, 0.6) is 0 Å². The van der Waals surface area contributed by atoms with Crippen LogP contribution in [-0.2, 0) is 10.5 Å².